The van der Waals surface area contributed by atoms with Crippen LogP contribution in [-0.4, -0.2) is 26.7 Å². The van der Waals surface area contributed by atoms with Crippen LogP contribution in [0.3, 0.4) is 0 Å². The number of halogens is 5. The highest BCUT2D eigenvalue weighted by molar-refractivity contribution is 7.90. The summed E-state index contributed by atoms with van der Waals surface area (Å²) in [7, 11) is 0. The molecule has 3 atom stereocenters. The van der Waals surface area contributed by atoms with Crippen LogP contribution in [0.25, 0.3) is 0 Å². The number of rotatable bonds is 5. The first-order valence-corrected chi connectivity index (χ1v) is 8.60. The number of nitrogens with one attached hydrogen (secondary N) is 1. The van der Waals surface area contributed by atoms with Crippen molar-refractivity contribution in [2.75, 3.05) is 0 Å². The molecule has 0 radical (unpaired) electrons. The van der Waals surface area contributed by atoms with Gasteiger partial charge >= 0.3 is 6.18 Å². The van der Waals surface area contributed by atoms with E-state index in [1.165, 1.54) is 25.1 Å². The number of benzene rings is 1. The van der Waals surface area contributed by atoms with Crippen LogP contribution in [0.1, 0.15) is 39.7 Å². The van der Waals surface area contributed by atoms with E-state index < -0.39 is 46.2 Å². The zero-order valence-corrected chi connectivity index (χ0v) is 15.2. The Morgan fingerprint density at radius 1 is 1.25 bits per heavy atom. The Balaban J connectivity index is 3.32. The molecular formula is C15H20ClF4NO2S. The van der Waals surface area contributed by atoms with Gasteiger partial charge in [0.2, 0.25) is 0 Å². The number of hydrogen-bond donors (Lipinski definition) is 2. The smallest absolute Gasteiger partial charge is 0.414 e. The van der Waals surface area contributed by atoms with Gasteiger partial charge in [-0.15, -0.1) is 4.72 Å². The molecule has 0 heterocycles. The van der Waals surface area contributed by atoms with Crippen LogP contribution in [-0.2, 0) is 16.9 Å². The second-order valence-corrected chi connectivity index (χ2v) is 9.05. The summed E-state index contributed by atoms with van der Waals surface area (Å²) in [5.41, 5.74) is -1.95. The molecule has 24 heavy (non-hydrogen) atoms. The van der Waals surface area contributed by atoms with Crippen LogP contribution in [0.4, 0.5) is 17.6 Å². The average molecular weight is 390 g/mol. The summed E-state index contributed by atoms with van der Waals surface area (Å²) in [6.45, 7) is 6.10. The summed E-state index contributed by atoms with van der Waals surface area (Å²) < 4.78 is 66.8. The molecule has 0 amide bonds. The summed E-state index contributed by atoms with van der Waals surface area (Å²) in [5, 5.41) is 9.16. The van der Waals surface area contributed by atoms with Crippen LogP contribution < -0.4 is 4.72 Å². The third-order valence-electron chi connectivity index (χ3n) is 3.40. The molecule has 0 bridgehead atoms. The first kappa shape index (κ1) is 21.5. The molecule has 9 heteroatoms. The highest BCUT2D eigenvalue weighted by atomic mass is 35.5. The third kappa shape index (κ3) is 5.23. The van der Waals surface area contributed by atoms with Gasteiger partial charge < -0.3 is 9.66 Å². The molecule has 0 fully saturated rings. The molecule has 2 unspecified atom stereocenters. The summed E-state index contributed by atoms with van der Waals surface area (Å²) in [5.74, 6) is -0.922. The lowest BCUT2D eigenvalue weighted by Gasteiger charge is -2.37. The van der Waals surface area contributed by atoms with Crippen molar-refractivity contribution in [3.05, 3.63) is 34.6 Å². The van der Waals surface area contributed by atoms with Gasteiger partial charge in [0.25, 0.3) is 0 Å². The predicted molar refractivity (Wildman–Crippen MR) is 86.5 cm³/mol. The summed E-state index contributed by atoms with van der Waals surface area (Å²) >= 11 is 3.91. The van der Waals surface area contributed by atoms with E-state index in [2.05, 4.69) is 4.72 Å². The highest BCUT2D eigenvalue weighted by Gasteiger charge is 2.47. The summed E-state index contributed by atoms with van der Waals surface area (Å²) in [6.07, 6.45) is -8.53. The molecule has 1 aromatic rings. The molecule has 0 saturated heterocycles. The topological polar surface area (TPSA) is 55.3 Å². The van der Waals surface area contributed by atoms with Gasteiger partial charge in [0.1, 0.15) is 10.6 Å². The van der Waals surface area contributed by atoms with Crippen molar-refractivity contribution in [3.63, 3.8) is 0 Å². The van der Waals surface area contributed by atoms with Gasteiger partial charge in [0.15, 0.2) is 6.10 Å². The van der Waals surface area contributed by atoms with Crippen LogP contribution in [0.15, 0.2) is 18.2 Å². The Hall–Kier alpha value is -0.540. The average Bonchev–Trinajstić information content (AvgIpc) is 2.39. The van der Waals surface area contributed by atoms with Gasteiger partial charge in [0, 0.05) is 23.3 Å². The Bertz CT molecular complexity index is 556. The van der Waals surface area contributed by atoms with Crippen molar-refractivity contribution in [2.24, 2.45) is 0 Å². The number of hydrogen-bond acceptors (Lipinski definition) is 3. The molecule has 0 spiro atoms. The molecule has 1 aromatic carbocycles. The fourth-order valence-corrected chi connectivity index (χ4v) is 3.08. The lowest BCUT2D eigenvalue weighted by molar-refractivity contribution is -0.209. The van der Waals surface area contributed by atoms with Gasteiger partial charge in [-0.05, 0) is 33.8 Å². The van der Waals surface area contributed by atoms with Crippen LogP contribution >= 0.6 is 11.6 Å². The van der Waals surface area contributed by atoms with E-state index in [0.29, 0.717) is 0 Å². The van der Waals surface area contributed by atoms with Crippen molar-refractivity contribution < 1.29 is 27.2 Å². The second kappa shape index (κ2) is 7.37. The van der Waals surface area contributed by atoms with E-state index in [4.69, 9.17) is 11.6 Å². The van der Waals surface area contributed by atoms with Gasteiger partial charge in [-0.2, -0.15) is 13.2 Å². The fraction of sp³-hybridized carbons (Fsp3) is 0.600. The molecular weight excluding hydrogens is 370 g/mol. The lowest BCUT2D eigenvalue weighted by Crippen LogP contribution is -2.52. The third-order valence-corrected chi connectivity index (χ3v) is 5.44. The minimum absolute atomic E-state index is 0.198. The van der Waals surface area contributed by atoms with Crippen molar-refractivity contribution in [2.45, 2.75) is 56.7 Å². The van der Waals surface area contributed by atoms with E-state index in [0.717, 1.165) is 0 Å². The van der Waals surface area contributed by atoms with Crippen LogP contribution in [0, 0.1) is 5.82 Å². The molecule has 2 N–H and O–H groups in total. The number of aliphatic hydroxyl groups excluding tert-OH is 1. The van der Waals surface area contributed by atoms with E-state index in [1.807, 2.05) is 0 Å². The van der Waals surface area contributed by atoms with E-state index in [-0.39, 0.29) is 10.6 Å². The monoisotopic (exact) mass is 389 g/mol. The molecule has 0 aliphatic rings. The fourth-order valence-electron chi connectivity index (χ4n) is 2.00. The zero-order chi connectivity index (χ0) is 18.9. The van der Waals surface area contributed by atoms with Gasteiger partial charge in [0.05, 0.1) is 10.6 Å². The molecule has 1 rings (SSSR count). The molecule has 0 saturated carbocycles. The second-order valence-electron chi connectivity index (χ2n) is 6.68. The summed E-state index contributed by atoms with van der Waals surface area (Å²) in [6, 6.07) is 3.87. The van der Waals surface area contributed by atoms with Crippen molar-refractivity contribution >= 4 is 23.0 Å². The first-order chi connectivity index (χ1) is 10.7. The molecule has 0 aliphatic carbocycles. The van der Waals surface area contributed by atoms with Crippen LogP contribution in [0.2, 0.25) is 5.02 Å². The maximum absolute atomic E-state index is 14.4. The normalized spacial score (nSPS) is 18.1. The molecule has 0 aliphatic heterocycles. The van der Waals surface area contributed by atoms with E-state index in [9.17, 15) is 27.2 Å². The largest absolute Gasteiger partial charge is 0.598 e. The Kier molecular flexibility index (Phi) is 6.60. The Morgan fingerprint density at radius 2 is 1.79 bits per heavy atom. The van der Waals surface area contributed by atoms with Crippen LogP contribution in [0.5, 0.6) is 0 Å². The quantitative estimate of drug-likeness (QED) is 0.590. The van der Waals surface area contributed by atoms with Crippen molar-refractivity contribution in [1.82, 2.24) is 4.72 Å². The minimum Gasteiger partial charge on any atom is -0.598 e. The van der Waals surface area contributed by atoms with Gasteiger partial charge in [-0.25, -0.2) is 4.39 Å². The maximum atomic E-state index is 14.4. The minimum atomic E-state index is -4.89. The maximum Gasteiger partial charge on any atom is 0.414 e. The lowest BCUT2D eigenvalue weighted by atomic mass is 9.87. The van der Waals surface area contributed by atoms with Crippen molar-refractivity contribution in [3.8, 4) is 0 Å². The number of aliphatic hydroxyl groups is 1. The zero-order valence-electron chi connectivity index (χ0n) is 13.7. The van der Waals surface area contributed by atoms with E-state index >= 15 is 0 Å². The highest BCUT2D eigenvalue weighted by Crippen LogP contribution is 2.36. The molecule has 138 valence electrons. The number of alkyl halides is 3. The first-order valence-electron chi connectivity index (χ1n) is 7.07. The Morgan fingerprint density at radius 3 is 2.25 bits per heavy atom. The van der Waals surface area contributed by atoms with Gasteiger partial charge in [-0.1, -0.05) is 23.7 Å². The SMILES string of the molecule is CC(C[C@@H](O)C(F)(F)F)(N[S+]([O-])C(C)(C)C)c1cccc(Cl)c1F. The summed E-state index contributed by atoms with van der Waals surface area (Å²) in [4.78, 5) is 0. The van der Waals surface area contributed by atoms with Gasteiger partial charge in [-0.3, -0.25) is 0 Å². The molecule has 0 aromatic heterocycles. The van der Waals surface area contributed by atoms with E-state index in [1.54, 1.807) is 20.8 Å². The predicted octanol–water partition coefficient (Wildman–Crippen LogP) is 4.06. The molecule has 3 nitrogen and oxygen atoms in total. The van der Waals surface area contributed by atoms with Crippen molar-refractivity contribution in [1.29, 1.82) is 0 Å². The Labute approximate surface area is 146 Å². The standard InChI is InChI=1S/C15H20ClF4NO2S/c1-13(2,3)24(23)21-14(4,8-11(22)15(18,19)20)9-6-5-7-10(16)12(9)17/h5-7,11,21-22H,8H2,1-4H3/t11-,14?,24?/m1/s1.